The molecule has 0 aliphatic carbocycles. The Labute approximate surface area is 194 Å². The van der Waals surface area contributed by atoms with E-state index in [1.165, 1.54) is 10.5 Å². The zero-order valence-electron chi connectivity index (χ0n) is 18.3. The lowest BCUT2D eigenvalue weighted by molar-refractivity contribution is 0.229. The highest BCUT2D eigenvalue weighted by Crippen LogP contribution is 2.24. The average molecular weight is 465 g/mol. The highest BCUT2D eigenvalue weighted by atomic mass is 32.2. The standard InChI is InChI=1S/C25H28N4O3S/c30-25(28-24(21-8-3-1-4-9-21)22-10-5-2-6-11-22)27-18-20-13-16-29(17-14-20)33(31,32)23-12-7-15-26-19-23/h1-12,15,19-20,24H,13-14,16-18H2,(H2,27,28,30). The summed E-state index contributed by atoms with van der Waals surface area (Å²) in [6.07, 6.45) is 4.33. The second kappa shape index (κ2) is 10.6. The van der Waals surface area contributed by atoms with Crippen molar-refractivity contribution >= 4 is 16.1 Å². The molecule has 1 aliphatic heterocycles. The van der Waals surface area contributed by atoms with Gasteiger partial charge in [-0.15, -0.1) is 0 Å². The molecule has 0 saturated carbocycles. The second-order valence-corrected chi connectivity index (χ2v) is 10.1. The third-order valence-electron chi connectivity index (χ3n) is 5.94. The summed E-state index contributed by atoms with van der Waals surface area (Å²) in [6.45, 7) is 1.37. The van der Waals surface area contributed by atoms with Gasteiger partial charge in [0.25, 0.3) is 0 Å². The van der Waals surface area contributed by atoms with E-state index in [0.29, 0.717) is 32.5 Å². The minimum absolute atomic E-state index is 0.216. The van der Waals surface area contributed by atoms with Gasteiger partial charge >= 0.3 is 6.03 Å². The first-order valence-corrected chi connectivity index (χ1v) is 12.5. The average Bonchev–Trinajstić information content (AvgIpc) is 2.88. The normalized spacial score (nSPS) is 15.3. The van der Waals surface area contributed by atoms with Crippen molar-refractivity contribution in [1.82, 2.24) is 19.9 Å². The van der Waals surface area contributed by atoms with Gasteiger partial charge in [0.05, 0.1) is 6.04 Å². The van der Waals surface area contributed by atoms with E-state index in [4.69, 9.17) is 0 Å². The van der Waals surface area contributed by atoms with Crippen LogP contribution in [0.25, 0.3) is 0 Å². The number of hydrogen-bond donors (Lipinski definition) is 2. The minimum atomic E-state index is -3.52. The van der Waals surface area contributed by atoms with Gasteiger partial charge in [0, 0.05) is 32.0 Å². The lowest BCUT2D eigenvalue weighted by Gasteiger charge is -2.31. The molecular formula is C25H28N4O3S. The summed E-state index contributed by atoms with van der Waals surface area (Å²) < 4.78 is 27.0. The largest absolute Gasteiger partial charge is 0.338 e. The quantitative estimate of drug-likeness (QED) is 0.559. The maximum Gasteiger partial charge on any atom is 0.315 e. The van der Waals surface area contributed by atoms with Crippen LogP contribution in [0.15, 0.2) is 90.1 Å². The van der Waals surface area contributed by atoms with Crippen LogP contribution >= 0.6 is 0 Å². The summed E-state index contributed by atoms with van der Waals surface area (Å²) >= 11 is 0. The number of carbonyl (C=O) groups is 1. The number of nitrogens with zero attached hydrogens (tertiary/aromatic N) is 2. The maximum absolute atomic E-state index is 12.8. The summed E-state index contributed by atoms with van der Waals surface area (Å²) in [4.78, 5) is 16.8. The van der Waals surface area contributed by atoms with Gasteiger partial charge < -0.3 is 10.6 Å². The topological polar surface area (TPSA) is 91.4 Å². The molecule has 1 aromatic heterocycles. The van der Waals surface area contributed by atoms with Crippen LogP contribution in [0.5, 0.6) is 0 Å². The Morgan fingerprint density at radius 1 is 0.939 bits per heavy atom. The zero-order chi connectivity index (χ0) is 23.1. The fraction of sp³-hybridized carbons (Fsp3) is 0.280. The Kier molecular flexibility index (Phi) is 7.36. The van der Waals surface area contributed by atoms with Crippen molar-refractivity contribution in [1.29, 1.82) is 0 Å². The number of sulfonamides is 1. The third-order valence-corrected chi connectivity index (χ3v) is 7.82. The van der Waals surface area contributed by atoms with Crippen LogP contribution in [-0.2, 0) is 10.0 Å². The van der Waals surface area contributed by atoms with Crippen molar-refractivity contribution in [2.75, 3.05) is 19.6 Å². The Balaban J connectivity index is 1.31. The molecule has 2 aromatic carbocycles. The molecule has 3 aromatic rings. The van der Waals surface area contributed by atoms with Crippen LogP contribution in [-0.4, -0.2) is 43.4 Å². The van der Waals surface area contributed by atoms with E-state index in [-0.39, 0.29) is 22.9 Å². The Morgan fingerprint density at radius 3 is 2.09 bits per heavy atom. The van der Waals surface area contributed by atoms with Crippen LogP contribution < -0.4 is 10.6 Å². The summed E-state index contributed by atoms with van der Waals surface area (Å²) in [6, 6.07) is 22.4. The zero-order valence-corrected chi connectivity index (χ0v) is 19.1. The molecule has 8 heteroatoms. The molecule has 0 spiro atoms. The van der Waals surface area contributed by atoms with E-state index in [2.05, 4.69) is 15.6 Å². The molecule has 0 atom stereocenters. The molecule has 4 rings (SSSR count). The maximum atomic E-state index is 12.8. The molecule has 0 bridgehead atoms. The lowest BCUT2D eigenvalue weighted by atomic mass is 9.98. The first kappa shape index (κ1) is 22.9. The van der Waals surface area contributed by atoms with Gasteiger partial charge in [-0.1, -0.05) is 60.7 Å². The predicted molar refractivity (Wildman–Crippen MR) is 127 cm³/mol. The Hall–Kier alpha value is -3.23. The van der Waals surface area contributed by atoms with Crippen molar-refractivity contribution in [3.63, 3.8) is 0 Å². The molecule has 1 saturated heterocycles. The number of aromatic nitrogens is 1. The van der Waals surface area contributed by atoms with E-state index in [9.17, 15) is 13.2 Å². The lowest BCUT2D eigenvalue weighted by Crippen LogP contribution is -2.44. The summed E-state index contributed by atoms with van der Waals surface area (Å²) in [5.41, 5.74) is 2.01. The van der Waals surface area contributed by atoms with Gasteiger partial charge in [0.2, 0.25) is 10.0 Å². The summed E-state index contributed by atoms with van der Waals surface area (Å²) in [5.74, 6) is 0.225. The number of nitrogens with one attached hydrogen (secondary N) is 2. The predicted octanol–water partition coefficient (Wildman–Crippen LogP) is 3.57. The third kappa shape index (κ3) is 5.77. The number of amides is 2. The molecule has 172 valence electrons. The Bertz CT molecular complexity index is 1090. The smallest absolute Gasteiger partial charge is 0.315 e. The van der Waals surface area contributed by atoms with Gasteiger partial charge in [0.1, 0.15) is 4.90 Å². The number of pyridine rings is 1. The number of urea groups is 1. The molecule has 1 aliphatic rings. The highest BCUT2D eigenvalue weighted by Gasteiger charge is 2.29. The van der Waals surface area contributed by atoms with E-state index < -0.39 is 10.0 Å². The molecule has 1 fully saturated rings. The SMILES string of the molecule is O=C(NCC1CCN(S(=O)(=O)c2cccnc2)CC1)NC(c1ccccc1)c1ccccc1. The van der Waals surface area contributed by atoms with E-state index in [1.807, 2.05) is 60.7 Å². The fourth-order valence-electron chi connectivity index (χ4n) is 4.07. The van der Waals surface area contributed by atoms with Crippen molar-refractivity contribution in [2.45, 2.75) is 23.8 Å². The molecule has 2 amide bonds. The molecule has 0 unspecified atom stereocenters. The van der Waals surface area contributed by atoms with Gasteiger partial charge in [-0.2, -0.15) is 4.31 Å². The van der Waals surface area contributed by atoms with Gasteiger partial charge in [-0.25, -0.2) is 13.2 Å². The van der Waals surface area contributed by atoms with Crippen LogP contribution in [0, 0.1) is 5.92 Å². The summed E-state index contributed by atoms with van der Waals surface area (Å²) in [7, 11) is -3.52. The number of rotatable bonds is 7. The molecule has 7 nitrogen and oxygen atoms in total. The van der Waals surface area contributed by atoms with E-state index >= 15 is 0 Å². The second-order valence-electron chi connectivity index (χ2n) is 8.14. The molecule has 33 heavy (non-hydrogen) atoms. The number of hydrogen-bond acceptors (Lipinski definition) is 4. The van der Waals surface area contributed by atoms with Crippen LogP contribution in [0.4, 0.5) is 4.79 Å². The van der Waals surface area contributed by atoms with Gasteiger partial charge in [-0.3, -0.25) is 4.98 Å². The minimum Gasteiger partial charge on any atom is -0.338 e. The fourth-order valence-corrected chi connectivity index (χ4v) is 5.51. The van der Waals surface area contributed by atoms with Crippen molar-refractivity contribution in [2.24, 2.45) is 5.92 Å². The van der Waals surface area contributed by atoms with E-state index in [0.717, 1.165) is 11.1 Å². The first-order chi connectivity index (χ1) is 16.0. The first-order valence-electron chi connectivity index (χ1n) is 11.1. The molecule has 2 N–H and O–H groups in total. The molecule has 0 radical (unpaired) electrons. The summed E-state index contributed by atoms with van der Waals surface area (Å²) in [5, 5.41) is 6.06. The van der Waals surface area contributed by atoms with Crippen molar-refractivity contribution < 1.29 is 13.2 Å². The van der Waals surface area contributed by atoms with Crippen LogP contribution in [0.1, 0.15) is 30.0 Å². The monoisotopic (exact) mass is 464 g/mol. The Morgan fingerprint density at radius 2 is 1.55 bits per heavy atom. The number of piperidine rings is 1. The van der Waals surface area contributed by atoms with Crippen molar-refractivity contribution in [3.05, 3.63) is 96.3 Å². The van der Waals surface area contributed by atoms with Crippen LogP contribution in [0.2, 0.25) is 0 Å². The molecule has 2 heterocycles. The highest BCUT2D eigenvalue weighted by molar-refractivity contribution is 7.89. The van der Waals surface area contributed by atoms with Gasteiger partial charge in [0.15, 0.2) is 0 Å². The van der Waals surface area contributed by atoms with Crippen LogP contribution in [0.3, 0.4) is 0 Å². The van der Waals surface area contributed by atoms with E-state index in [1.54, 1.807) is 18.3 Å². The molecular weight excluding hydrogens is 436 g/mol. The van der Waals surface area contributed by atoms with Crippen molar-refractivity contribution in [3.8, 4) is 0 Å². The van der Waals surface area contributed by atoms with Gasteiger partial charge in [-0.05, 0) is 42.0 Å². The number of benzene rings is 2. The number of carbonyl (C=O) groups excluding carboxylic acids is 1.